The number of carbonyl (C=O) groups excluding carboxylic acids is 1. The highest BCUT2D eigenvalue weighted by Gasteiger charge is 2.14. The molecule has 0 aliphatic rings. The van der Waals surface area contributed by atoms with Crippen LogP contribution in [-0.2, 0) is 0 Å². The number of nitrogens with zero attached hydrogens (tertiary/aromatic N) is 2. The second kappa shape index (κ2) is 9.86. The normalized spacial score (nSPS) is 12.8. The van der Waals surface area contributed by atoms with Crippen molar-refractivity contribution in [1.29, 1.82) is 0 Å². The zero-order chi connectivity index (χ0) is 21.5. The third-order valence-corrected chi connectivity index (χ3v) is 4.77. The van der Waals surface area contributed by atoms with Crippen molar-refractivity contribution in [3.05, 3.63) is 60.3 Å². The summed E-state index contributed by atoms with van der Waals surface area (Å²) in [5.74, 6) is 0.222. The Morgan fingerprint density at radius 3 is 2.83 bits per heavy atom. The number of aromatic nitrogens is 1. The Kier molecular flexibility index (Phi) is 6.99. The Morgan fingerprint density at radius 2 is 2.10 bits per heavy atom. The van der Waals surface area contributed by atoms with Gasteiger partial charge in [-0.25, -0.2) is 4.98 Å². The second-order valence-electron chi connectivity index (χ2n) is 6.32. The van der Waals surface area contributed by atoms with Crippen LogP contribution >= 0.6 is 11.3 Å². The van der Waals surface area contributed by atoms with Crippen molar-refractivity contribution < 1.29 is 19.4 Å². The highest BCUT2D eigenvalue weighted by atomic mass is 32.1. The fraction of sp³-hybridized carbons (Fsp3) is 0.190. The lowest BCUT2D eigenvalue weighted by Crippen LogP contribution is -2.16. The van der Waals surface area contributed by atoms with Crippen LogP contribution in [0.1, 0.15) is 17.3 Å². The van der Waals surface area contributed by atoms with Gasteiger partial charge in [-0.15, -0.1) is 0 Å². The molecule has 0 unspecified atom stereocenters. The van der Waals surface area contributed by atoms with Crippen LogP contribution < -0.4 is 20.5 Å². The molecule has 3 aromatic rings. The average Bonchev–Trinajstić information content (AvgIpc) is 3.14. The van der Waals surface area contributed by atoms with E-state index in [-0.39, 0.29) is 18.0 Å². The Bertz CT molecular complexity index is 1060. The molecule has 0 aliphatic heterocycles. The Morgan fingerprint density at radius 1 is 1.33 bits per heavy atom. The quantitative estimate of drug-likeness (QED) is 0.374. The molecular formula is C21H22N4O4S. The molecule has 2 aromatic carbocycles. The number of thiazole rings is 1. The zero-order valence-corrected chi connectivity index (χ0v) is 17.3. The summed E-state index contributed by atoms with van der Waals surface area (Å²) in [4.78, 5) is 20.9. The molecule has 3 rings (SSSR count). The summed E-state index contributed by atoms with van der Waals surface area (Å²) in [5.41, 5.74) is 6.80. The van der Waals surface area contributed by atoms with Crippen LogP contribution in [0.4, 0.5) is 0 Å². The highest BCUT2D eigenvalue weighted by molar-refractivity contribution is 7.20. The lowest BCUT2D eigenvalue weighted by molar-refractivity contribution is 0.100. The number of aliphatic hydroxyl groups excluding tert-OH is 1. The SMILES string of the molecule is CN/C=C\C(N)=NC(=O)c1cc(Oc2nc3ccccc3s2)cc(O[C@@H](C)CO)c1. The van der Waals surface area contributed by atoms with Crippen molar-refractivity contribution >= 4 is 33.3 Å². The molecule has 9 heteroatoms. The lowest BCUT2D eigenvalue weighted by atomic mass is 10.2. The zero-order valence-electron chi connectivity index (χ0n) is 16.5. The van der Waals surface area contributed by atoms with E-state index in [1.54, 1.807) is 32.3 Å². The molecule has 1 heterocycles. The van der Waals surface area contributed by atoms with E-state index in [4.69, 9.17) is 15.2 Å². The molecule has 0 saturated heterocycles. The molecule has 1 aromatic heterocycles. The van der Waals surface area contributed by atoms with Gasteiger partial charge in [0.25, 0.3) is 11.1 Å². The van der Waals surface area contributed by atoms with E-state index >= 15 is 0 Å². The number of amidine groups is 1. The topological polar surface area (TPSA) is 119 Å². The summed E-state index contributed by atoms with van der Waals surface area (Å²) in [5, 5.41) is 12.5. The fourth-order valence-corrected chi connectivity index (χ4v) is 3.31. The smallest absolute Gasteiger partial charge is 0.279 e. The van der Waals surface area contributed by atoms with Gasteiger partial charge >= 0.3 is 0 Å². The summed E-state index contributed by atoms with van der Waals surface area (Å²) < 4.78 is 12.5. The lowest BCUT2D eigenvalue weighted by Gasteiger charge is -2.14. The van der Waals surface area contributed by atoms with Gasteiger partial charge in [-0.2, -0.15) is 4.99 Å². The van der Waals surface area contributed by atoms with Gasteiger partial charge in [0.05, 0.1) is 16.8 Å². The molecule has 0 radical (unpaired) electrons. The number of hydrogen-bond donors (Lipinski definition) is 3. The first-order valence-corrected chi connectivity index (χ1v) is 9.98. The average molecular weight is 426 g/mol. The maximum atomic E-state index is 12.6. The maximum Gasteiger partial charge on any atom is 0.279 e. The molecule has 30 heavy (non-hydrogen) atoms. The van der Waals surface area contributed by atoms with Crippen molar-refractivity contribution in [3.8, 4) is 16.7 Å². The summed E-state index contributed by atoms with van der Waals surface area (Å²) in [6.07, 6.45) is 2.58. The van der Waals surface area contributed by atoms with Gasteiger partial charge < -0.3 is 25.6 Å². The van der Waals surface area contributed by atoms with Gasteiger partial charge in [-0.3, -0.25) is 4.79 Å². The van der Waals surface area contributed by atoms with Crippen molar-refractivity contribution in [1.82, 2.24) is 10.3 Å². The Hall–Kier alpha value is -3.43. The van der Waals surface area contributed by atoms with Gasteiger partial charge in [0.1, 0.15) is 23.4 Å². The predicted octanol–water partition coefficient (Wildman–Crippen LogP) is 3.08. The minimum atomic E-state index is -0.551. The van der Waals surface area contributed by atoms with E-state index in [1.165, 1.54) is 23.5 Å². The third kappa shape index (κ3) is 5.56. The molecule has 1 amide bonds. The number of ether oxygens (including phenoxy) is 2. The van der Waals surface area contributed by atoms with E-state index in [9.17, 15) is 9.90 Å². The van der Waals surface area contributed by atoms with Crippen LogP contribution in [0.3, 0.4) is 0 Å². The van der Waals surface area contributed by atoms with Gasteiger partial charge in [0.15, 0.2) is 0 Å². The van der Waals surface area contributed by atoms with Crippen molar-refractivity contribution in [2.24, 2.45) is 10.7 Å². The molecule has 4 N–H and O–H groups in total. The predicted molar refractivity (Wildman–Crippen MR) is 117 cm³/mol. The molecule has 0 saturated carbocycles. The number of carbonyl (C=O) groups is 1. The molecule has 0 aliphatic carbocycles. The van der Waals surface area contributed by atoms with Crippen LogP contribution in [0, 0.1) is 0 Å². The Balaban J connectivity index is 1.92. The minimum Gasteiger partial charge on any atom is -0.488 e. The first-order valence-electron chi connectivity index (χ1n) is 9.17. The van der Waals surface area contributed by atoms with Crippen LogP contribution in [0.15, 0.2) is 59.7 Å². The van der Waals surface area contributed by atoms with Gasteiger partial charge in [0, 0.05) is 18.7 Å². The van der Waals surface area contributed by atoms with Crippen LogP contribution in [0.5, 0.6) is 16.7 Å². The summed E-state index contributed by atoms with van der Waals surface area (Å²) in [6.45, 7) is 1.54. The number of aliphatic imine (C=N–C) groups is 1. The van der Waals surface area contributed by atoms with E-state index in [0.29, 0.717) is 16.7 Å². The molecule has 0 fully saturated rings. The molecule has 1 atom stereocenters. The molecule has 0 spiro atoms. The van der Waals surface area contributed by atoms with E-state index in [0.717, 1.165) is 10.2 Å². The second-order valence-corrected chi connectivity index (χ2v) is 7.31. The number of aliphatic hydroxyl groups is 1. The van der Waals surface area contributed by atoms with Crippen molar-refractivity contribution in [3.63, 3.8) is 0 Å². The largest absolute Gasteiger partial charge is 0.488 e. The number of hydrogen-bond acceptors (Lipinski definition) is 7. The number of amides is 1. The van der Waals surface area contributed by atoms with Crippen LogP contribution in [-0.4, -0.2) is 41.6 Å². The first kappa shape index (κ1) is 21.3. The van der Waals surface area contributed by atoms with Gasteiger partial charge in [-0.1, -0.05) is 23.5 Å². The van der Waals surface area contributed by atoms with Crippen LogP contribution in [0.2, 0.25) is 0 Å². The fourth-order valence-electron chi connectivity index (χ4n) is 2.48. The Labute approximate surface area is 177 Å². The van der Waals surface area contributed by atoms with E-state index < -0.39 is 12.0 Å². The number of rotatable bonds is 8. The monoisotopic (exact) mass is 426 g/mol. The number of nitrogens with one attached hydrogen (secondary N) is 1. The number of nitrogens with two attached hydrogens (primary N) is 1. The number of para-hydroxylation sites is 1. The highest BCUT2D eigenvalue weighted by Crippen LogP contribution is 2.33. The molecular weight excluding hydrogens is 404 g/mol. The third-order valence-electron chi connectivity index (χ3n) is 3.85. The van der Waals surface area contributed by atoms with E-state index in [2.05, 4.69) is 15.3 Å². The molecule has 8 nitrogen and oxygen atoms in total. The number of benzene rings is 2. The standard InChI is InChI=1S/C21H22N4O4S/c1-13(12-26)28-15-9-14(20(27)25-19(22)7-8-23-2)10-16(11-15)29-21-24-17-5-3-4-6-18(17)30-21/h3-11,13,23,26H,12H2,1-2H3,(H2,22,25,27)/b8-7-/t13-/m0/s1. The van der Waals surface area contributed by atoms with Gasteiger partial charge in [-0.05, 0) is 43.5 Å². The minimum absolute atomic E-state index is 0.0537. The summed E-state index contributed by atoms with van der Waals surface area (Å²) in [6, 6.07) is 12.4. The van der Waals surface area contributed by atoms with Crippen molar-refractivity contribution in [2.75, 3.05) is 13.7 Å². The molecule has 156 valence electrons. The van der Waals surface area contributed by atoms with Gasteiger partial charge in [0.2, 0.25) is 0 Å². The van der Waals surface area contributed by atoms with Crippen molar-refractivity contribution in [2.45, 2.75) is 13.0 Å². The van der Waals surface area contributed by atoms with Crippen LogP contribution in [0.25, 0.3) is 10.2 Å². The summed E-state index contributed by atoms with van der Waals surface area (Å²) >= 11 is 1.39. The number of fused-ring (bicyclic) bond motifs is 1. The summed E-state index contributed by atoms with van der Waals surface area (Å²) in [7, 11) is 1.71. The first-order chi connectivity index (χ1) is 14.5. The van der Waals surface area contributed by atoms with E-state index in [1.807, 2.05) is 24.3 Å². The molecule has 0 bridgehead atoms. The maximum absolute atomic E-state index is 12.6.